The summed E-state index contributed by atoms with van der Waals surface area (Å²) in [5, 5.41) is 3.00. The number of thioether (sulfide) groups is 1. The summed E-state index contributed by atoms with van der Waals surface area (Å²) in [5.41, 5.74) is -4.11. The van der Waals surface area contributed by atoms with Gasteiger partial charge in [0.05, 0.1) is 12.7 Å². The molecule has 7 heteroatoms. The third-order valence-electron chi connectivity index (χ3n) is 2.33. The van der Waals surface area contributed by atoms with Gasteiger partial charge in [-0.15, -0.1) is 0 Å². The Morgan fingerprint density at radius 3 is 2.88 bits per heavy atom. The van der Waals surface area contributed by atoms with Gasteiger partial charge in [0.15, 0.2) is 0 Å². The minimum Gasteiger partial charge on any atom is -0.374 e. The van der Waals surface area contributed by atoms with Crippen LogP contribution in [0, 0.1) is 0 Å². The van der Waals surface area contributed by atoms with E-state index in [1.54, 1.807) is 0 Å². The van der Waals surface area contributed by atoms with Crippen molar-refractivity contribution in [3.8, 4) is 0 Å². The zero-order valence-corrected chi connectivity index (χ0v) is 10.0. The van der Waals surface area contributed by atoms with E-state index in [2.05, 4.69) is 5.32 Å². The molecule has 16 heavy (non-hydrogen) atoms. The third-order valence-corrected chi connectivity index (χ3v) is 3.04. The van der Waals surface area contributed by atoms with Crippen LogP contribution < -0.4 is 5.32 Å². The van der Waals surface area contributed by atoms with Gasteiger partial charge in [-0.3, -0.25) is 4.90 Å². The molecule has 1 fully saturated rings. The molecule has 1 rings (SSSR count). The molecule has 0 saturated carbocycles. The van der Waals surface area contributed by atoms with Gasteiger partial charge in [0.25, 0.3) is 0 Å². The summed E-state index contributed by atoms with van der Waals surface area (Å²) < 4.78 is 41.2. The molecule has 0 aromatic rings. The van der Waals surface area contributed by atoms with E-state index in [1.165, 1.54) is 0 Å². The molecular weight excluding hydrogens is 241 g/mol. The molecule has 1 atom stereocenters. The maximum Gasteiger partial charge on any atom is 0.441 e. The van der Waals surface area contributed by atoms with Crippen LogP contribution >= 0.6 is 11.8 Å². The fourth-order valence-electron chi connectivity index (χ4n) is 1.63. The number of hydrogen-bond acceptors (Lipinski definition) is 4. The smallest absolute Gasteiger partial charge is 0.374 e. The van der Waals surface area contributed by atoms with Gasteiger partial charge < -0.3 is 10.1 Å². The van der Waals surface area contributed by atoms with Crippen LogP contribution in [0.15, 0.2) is 0 Å². The van der Waals surface area contributed by atoms with E-state index in [4.69, 9.17) is 4.74 Å². The Morgan fingerprint density at radius 1 is 1.50 bits per heavy atom. The first kappa shape index (κ1) is 14.1. The Kier molecular flexibility index (Phi) is 5.88. The number of nitrogens with zero attached hydrogens (tertiary/aromatic N) is 1. The van der Waals surface area contributed by atoms with E-state index in [0.29, 0.717) is 19.7 Å². The number of halogens is 3. The van der Waals surface area contributed by atoms with Crippen molar-refractivity contribution < 1.29 is 17.9 Å². The molecule has 0 aromatic carbocycles. The maximum absolute atomic E-state index is 11.9. The normalized spacial score (nSPS) is 23.6. The zero-order chi connectivity index (χ0) is 12.0. The quantitative estimate of drug-likeness (QED) is 0.800. The largest absolute Gasteiger partial charge is 0.441 e. The van der Waals surface area contributed by atoms with Crippen molar-refractivity contribution in [1.29, 1.82) is 0 Å². The molecule has 3 nitrogen and oxygen atoms in total. The van der Waals surface area contributed by atoms with Crippen molar-refractivity contribution in [2.75, 3.05) is 45.6 Å². The molecule has 0 aliphatic carbocycles. The van der Waals surface area contributed by atoms with E-state index in [1.807, 2.05) is 11.9 Å². The number of rotatable bonds is 5. The Morgan fingerprint density at radius 2 is 2.25 bits per heavy atom. The monoisotopic (exact) mass is 258 g/mol. The van der Waals surface area contributed by atoms with Crippen LogP contribution in [0.1, 0.15) is 0 Å². The first-order chi connectivity index (χ1) is 7.51. The minimum absolute atomic E-state index is 0.0437. The van der Waals surface area contributed by atoms with Gasteiger partial charge in [-0.05, 0) is 18.8 Å². The summed E-state index contributed by atoms with van der Waals surface area (Å²) in [6.07, 6.45) is 0.0923. The average Bonchev–Trinajstić information content (AvgIpc) is 2.17. The lowest BCUT2D eigenvalue weighted by molar-refractivity contribution is -0.0341. The Labute approximate surface area is 97.7 Å². The van der Waals surface area contributed by atoms with Crippen LogP contribution in [0.5, 0.6) is 0 Å². The fourth-order valence-corrected chi connectivity index (χ4v) is 2.21. The highest BCUT2D eigenvalue weighted by atomic mass is 32.2. The van der Waals surface area contributed by atoms with Crippen LogP contribution in [0.25, 0.3) is 0 Å². The van der Waals surface area contributed by atoms with Crippen molar-refractivity contribution in [3.05, 3.63) is 0 Å². The molecule has 1 aliphatic heterocycles. The fraction of sp³-hybridized carbons (Fsp3) is 1.00. The number of ether oxygens (including phenoxy) is 1. The second-order valence-corrected chi connectivity index (χ2v) is 4.81. The Balaban J connectivity index is 2.16. The number of likely N-dealkylation sites (N-methyl/N-ethyl adjacent to an activating group) is 1. The van der Waals surface area contributed by atoms with Crippen LogP contribution in [0.4, 0.5) is 13.2 Å². The van der Waals surface area contributed by atoms with E-state index < -0.39 is 5.51 Å². The number of hydrogen-bond donors (Lipinski definition) is 1. The lowest BCUT2D eigenvalue weighted by Gasteiger charge is -2.32. The number of morpholine rings is 1. The van der Waals surface area contributed by atoms with Crippen LogP contribution in [0.3, 0.4) is 0 Å². The molecule has 0 amide bonds. The van der Waals surface area contributed by atoms with E-state index in [9.17, 15) is 13.2 Å². The molecular formula is C9H17F3N2OS. The van der Waals surface area contributed by atoms with Gasteiger partial charge in [-0.25, -0.2) is 0 Å². The van der Waals surface area contributed by atoms with E-state index >= 15 is 0 Å². The van der Waals surface area contributed by atoms with E-state index in [0.717, 1.165) is 13.1 Å². The molecule has 96 valence electrons. The zero-order valence-electron chi connectivity index (χ0n) is 9.22. The third kappa shape index (κ3) is 5.93. The predicted octanol–water partition coefficient (Wildman–Crippen LogP) is 1.16. The van der Waals surface area contributed by atoms with Gasteiger partial charge in [-0.2, -0.15) is 13.2 Å². The highest BCUT2D eigenvalue weighted by Gasteiger charge is 2.28. The summed E-state index contributed by atoms with van der Waals surface area (Å²) >= 11 is 0.0437. The molecule has 0 radical (unpaired) electrons. The number of alkyl halides is 3. The van der Waals surface area contributed by atoms with Crippen molar-refractivity contribution in [2.24, 2.45) is 0 Å². The topological polar surface area (TPSA) is 24.5 Å². The van der Waals surface area contributed by atoms with Crippen LogP contribution in [-0.4, -0.2) is 62.1 Å². The van der Waals surface area contributed by atoms with Crippen molar-refractivity contribution >= 4 is 11.8 Å². The second kappa shape index (κ2) is 6.68. The predicted molar refractivity (Wildman–Crippen MR) is 58.6 cm³/mol. The van der Waals surface area contributed by atoms with Gasteiger partial charge in [0.2, 0.25) is 0 Å². The van der Waals surface area contributed by atoms with Crippen LogP contribution in [0.2, 0.25) is 0 Å². The molecule has 0 aromatic heterocycles. The summed E-state index contributed by atoms with van der Waals surface area (Å²) in [6, 6.07) is 0. The summed E-state index contributed by atoms with van der Waals surface area (Å²) in [4.78, 5) is 2.02. The second-order valence-electron chi connectivity index (χ2n) is 3.65. The van der Waals surface area contributed by atoms with Gasteiger partial charge >= 0.3 is 5.51 Å². The van der Waals surface area contributed by atoms with Gasteiger partial charge in [-0.1, -0.05) is 0 Å². The van der Waals surface area contributed by atoms with Gasteiger partial charge in [0, 0.05) is 31.9 Å². The van der Waals surface area contributed by atoms with Crippen molar-refractivity contribution in [2.45, 2.75) is 11.6 Å². The van der Waals surface area contributed by atoms with Gasteiger partial charge in [0.1, 0.15) is 0 Å². The minimum atomic E-state index is -4.11. The van der Waals surface area contributed by atoms with Crippen molar-refractivity contribution in [1.82, 2.24) is 10.2 Å². The number of nitrogens with one attached hydrogen (secondary N) is 1. The van der Waals surface area contributed by atoms with Crippen molar-refractivity contribution in [3.63, 3.8) is 0 Å². The SMILES string of the molecule is CNCC1CN(CCSC(F)(F)F)CCO1. The molecule has 1 N–H and O–H groups in total. The molecule has 1 saturated heterocycles. The molecule has 1 heterocycles. The summed E-state index contributed by atoms with van der Waals surface area (Å²) in [5.74, 6) is 0.0930. The average molecular weight is 258 g/mol. The highest BCUT2D eigenvalue weighted by molar-refractivity contribution is 8.00. The molecule has 1 aliphatic rings. The van der Waals surface area contributed by atoms with Crippen LogP contribution in [-0.2, 0) is 4.74 Å². The maximum atomic E-state index is 11.9. The molecule has 0 spiro atoms. The summed E-state index contributed by atoms with van der Waals surface area (Å²) in [7, 11) is 1.84. The van der Waals surface area contributed by atoms with E-state index in [-0.39, 0.29) is 23.6 Å². The standard InChI is InChI=1S/C9H17F3N2OS/c1-13-6-8-7-14(2-4-15-8)3-5-16-9(10,11)12/h8,13H,2-7H2,1H3. The summed E-state index contributed by atoms with van der Waals surface area (Å²) in [6.45, 7) is 3.23. The first-order valence-electron chi connectivity index (χ1n) is 5.20. The lowest BCUT2D eigenvalue weighted by Crippen LogP contribution is -2.46. The molecule has 0 bridgehead atoms. The Bertz CT molecular complexity index is 202. The Hall–Kier alpha value is 0.0200. The lowest BCUT2D eigenvalue weighted by atomic mass is 10.2. The molecule has 1 unspecified atom stereocenters. The first-order valence-corrected chi connectivity index (χ1v) is 6.19. The highest BCUT2D eigenvalue weighted by Crippen LogP contribution is 2.29.